The number of aliphatic hydroxyl groups excluding tert-OH is 1. The van der Waals surface area contributed by atoms with Crippen LogP contribution in [0.4, 0.5) is 0 Å². The van der Waals surface area contributed by atoms with Gasteiger partial charge in [0.25, 0.3) is 0 Å². The molecule has 0 saturated heterocycles. The molecule has 2 aromatic rings. The number of fused-ring (bicyclic) bond motifs is 1. The molecule has 3 unspecified atom stereocenters. The molecule has 1 saturated carbocycles. The first-order chi connectivity index (χ1) is 9.24. The summed E-state index contributed by atoms with van der Waals surface area (Å²) in [5.41, 5.74) is 2.47. The molecule has 0 spiro atoms. The lowest BCUT2D eigenvalue weighted by atomic mass is 9.79. The predicted octanol–water partition coefficient (Wildman–Crippen LogP) is 3.49. The fourth-order valence-electron chi connectivity index (χ4n) is 3.12. The van der Waals surface area contributed by atoms with E-state index >= 15 is 0 Å². The summed E-state index contributed by atoms with van der Waals surface area (Å²) >= 11 is 0. The van der Waals surface area contributed by atoms with Gasteiger partial charge in [0.2, 0.25) is 0 Å². The Morgan fingerprint density at radius 2 is 2.00 bits per heavy atom. The lowest BCUT2D eigenvalue weighted by molar-refractivity contribution is 0.0680. The summed E-state index contributed by atoms with van der Waals surface area (Å²) in [6.07, 6.45) is 5.94. The summed E-state index contributed by atoms with van der Waals surface area (Å²) in [5, 5.41) is 10.5. The average Bonchev–Trinajstić information content (AvgIpc) is 2.46. The van der Waals surface area contributed by atoms with Crippen LogP contribution in [0.1, 0.15) is 44.4 Å². The molecule has 1 fully saturated rings. The summed E-state index contributed by atoms with van der Waals surface area (Å²) in [6.45, 7) is 2.27. The molecule has 3 atom stereocenters. The van der Waals surface area contributed by atoms with Gasteiger partial charge in [0.15, 0.2) is 0 Å². The first kappa shape index (κ1) is 12.5. The van der Waals surface area contributed by atoms with Crippen molar-refractivity contribution in [2.45, 2.75) is 38.7 Å². The number of rotatable bonds is 2. The fraction of sp³-hybridized carbons (Fsp3) is 0.500. The van der Waals surface area contributed by atoms with Crippen molar-refractivity contribution in [3.63, 3.8) is 0 Å². The molecule has 1 aromatic carbocycles. The molecule has 3 nitrogen and oxygen atoms in total. The maximum atomic E-state index is 10.5. The van der Waals surface area contributed by atoms with Gasteiger partial charge in [-0.15, -0.1) is 0 Å². The van der Waals surface area contributed by atoms with E-state index in [1.807, 2.05) is 24.3 Å². The summed E-state index contributed by atoms with van der Waals surface area (Å²) < 4.78 is 0. The van der Waals surface area contributed by atoms with Crippen LogP contribution in [0.15, 0.2) is 30.5 Å². The SMILES string of the molecule is CC1CCCC(C(O)c2cnc3ccccc3n2)C1. The topological polar surface area (TPSA) is 46.0 Å². The smallest absolute Gasteiger partial charge is 0.100 e. The Bertz CT molecular complexity index is 569. The minimum absolute atomic E-state index is 0.333. The summed E-state index contributed by atoms with van der Waals surface area (Å²) in [6, 6.07) is 7.80. The Labute approximate surface area is 113 Å². The molecule has 3 rings (SSSR count). The van der Waals surface area contributed by atoms with Crippen LogP contribution < -0.4 is 0 Å². The van der Waals surface area contributed by atoms with Crippen LogP contribution >= 0.6 is 0 Å². The second-order valence-corrected chi connectivity index (χ2v) is 5.76. The van der Waals surface area contributed by atoms with E-state index < -0.39 is 6.10 Å². The van der Waals surface area contributed by atoms with Gasteiger partial charge in [0.1, 0.15) is 6.10 Å². The Balaban J connectivity index is 1.86. The highest BCUT2D eigenvalue weighted by atomic mass is 16.3. The van der Waals surface area contributed by atoms with E-state index in [0.717, 1.165) is 29.6 Å². The maximum Gasteiger partial charge on any atom is 0.100 e. The van der Waals surface area contributed by atoms with E-state index in [4.69, 9.17) is 0 Å². The van der Waals surface area contributed by atoms with Crippen LogP contribution in [0.5, 0.6) is 0 Å². The normalized spacial score (nSPS) is 25.4. The second-order valence-electron chi connectivity index (χ2n) is 5.76. The molecular formula is C16H20N2O. The van der Waals surface area contributed by atoms with E-state index in [2.05, 4.69) is 16.9 Å². The number of para-hydroxylation sites is 2. The largest absolute Gasteiger partial charge is 0.386 e. The Morgan fingerprint density at radius 1 is 1.21 bits per heavy atom. The molecule has 0 bridgehead atoms. The number of hydrogen-bond acceptors (Lipinski definition) is 3. The zero-order valence-electron chi connectivity index (χ0n) is 11.3. The zero-order valence-corrected chi connectivity index (χ0v) is 11.3. The Morgan fingerprint density at radius 3 is 2.79 bits per heavy atom. The minimum atomic E-state index is -0.472. The summed E-state index contributed by atoms with van der Waals surface area (Å²) in [4.78, 5) is 8.96. The molecule has 3 heteroatoms. The standard InChI is InChI=1S/C16H20N2O/c1-11-5-4-6-12(9-11)16(19)15-10-17-13-7-2-3-8-14(13)18-15/h2-3,7-8,10-12,16,19H,4-6,9H2,1H3. The molecule has 1 aliphatic rings. The first-order valence-electron chi connectivity index (χ1n) is 7.14. The molecule has 1 N–H and O–H groups in total. The Hall–Kier alpha value is -1.48. The average molecular weight is 256 g/mol. The minimum Gasteiger partial charge on any atom is -0.386 e. The summed E-state index contributed by atoms with van der Waals surface area (Å²) in [5.74, 6) is 1.04. The van der Waals surface area contributed by atoms with E-state index in [9.17, 15) is 5.11 Å². The van der Waals surface area contributed by atoms with Crippen LogP contribution in [0, 0.1) is 11.8 Å². The van der Waals surface area contributed by atoms with Crippen molar-refractivity contribution >= 4 is 11.0 Å². The van der Waals surface area contributed by atoms with Crippen molar-refractivity contribution in [3.8, 4) is 0 Å². The van der Waals surface area contributed by atoms with Gasteiger partial charge in [-0.2, -0.15) is 0 Å². The van der Waals surface area contributed by atoms with Gasteiger partial charge in [-0.25, -0.2) is 4.98 Å². The van der Waals surface area contributed by atoms with Crippen LogP contribution in [0.25, 0.3) is 11.0 Å². The first-order valence-corrected chi connectivity index (χ1v) is 7.14. The molecule has 0 radical (unpaired) electrons. The van der Waals surface area contributed by atoms with E-state index in [-0.39, 0.29) is 0 Å². The third kappa shape index (κ3) is 2.61. The number of aliphatic hydroxyl groups is 1. The molecular weight excluding hydrogens is 236 g/mol. The van der Waals surface area contributed by atoms with E-state index in [1.54, 1.807) is 6.20 Å². The highest BCUT2D eigenvalue weighted by Crippen LogP contribution is 2.36. The van der Waals surface area contributed by atoms with Gasteiger partial charge in [0, 0.05) is 0 Å². The maximum absolute atomic E-state index is 10.5. The highest BCUT2D eigenvalue weighted by molar-refractivity contribution is 5.73. The van der Waals surface area contributed by atoms with Crippen LogP contribution in [0.3, 0.4) is 0 Å². The molecule has 1 heterocycles. The molecule has 19 heavy (non-hydrogen) atoms. The number of aromatic nitrogens is 2. The van der Waals surface area contributed by atoms with Gasteiger partial charge in [-0.05, 0) is 36.8 Å². The molecule has 100 valence electrons. The van der Waals surface area contributed by atoms with Gasteiger partial charge < -0.3 is 5.11 Å². The summed E-state index contributed by atoms with van der Waals surface area (Å²) in [7, 11) is 0. The Kier molecular flexibility index (Phi) is 3.47. The van der Waals surface area contributed by atoms with Crippen molar-refractivity contribution < 1.29 is 5.11 Å². The molecule has 1 aromatic heterocycles. The van der Waals surface area contributed by atoms with Crippen LogP contribution in [-0.4, -0.2) is 15.1 Å². The van der Waals surface area contributed by atoms with Crippen LogP contribution in [-0.2, 0) is 0 Å². The van der Waals surface area contributed by atoms with Gasteiger partial charge in [-0.3, -0.25) is 4.98 Å². The van der Waals surface area contributed by atoms with Crippen molar-refractivity contribution in [3.05, 3.63) is 36.2 Å². The highest BCUT2D eigenvalue weighted by Gasteiger charge is 2.27. The number of hydrogen-bond donors (Lipinski definition) is 1. The van der Waals surface area contributed by atoms with Gasteiger partial charge >= 0.3 is 0 Å². The number of nitrogens with zero attached hydrogens (tertiary/aromatic N) is 2. The third-order valence-electron chi connectivity index (χ3n) is 4.19. The van der Waals surface area contributed by atoms with Gasteiger partial charge in [-0.1, -0.05) is 31.9 Å². The van der Waals surface area contributed by atoms with Crippen LogP contribution in [0.2, 0.25) is 0 Å². The molecule has 0 aliphatic heterocycles. The fourth-order valence-corrected chi connectivity index (χ4v) is 3.12. The third-order valence-corrected chi connectivity index (χ3v) is 4.19. The monoisotopic (exact) mass is 256 g/mol. The molecule has 1 aliphatic carbocycles. The zero-order chi connectivity index (χ0) is 13.2. The quantitative estimate of drug-likeness (QED) is 0.894. The van der Waals surface area contributed by atoms with Crippen molar-refractivity contribution in [2.24, 2.45) is 11.8 Å². The lowest BCUT2D eigenvalue weighted by Crippen LogP contribution is -2.21. The van der Waals surface area contributed by atoms with Crippen molar-refractivity contribution in [1.82, 2.24) is 9.97 Å². The predicted molar refractivity (Wildman–Crippen MR) is 75.6 cm³/mol. The lowest BCUT2D eigenvalue weighted by Gasteiger charge is -2.30. The second kappa shape index (κ2) is 5.25. The van der Waals surface area contributed by atoms with Crippen molar-refractivity contribution in [2.75, 3.05) is 0 Å². The van der Waals surface area contributed by atoms with E-state index in [0.29, 0.717) is 11.8 Å². The van der Waals surface area contributed by atoms with Gasteiger partial charge in [0.05, 0.1) is 22.9 Å². The van der Waals surface area contributed by atoms with E-state index in [1.165, 1.54) is 12.8 Å². The molecule has 0 amide bonds. The van der Waals surface area contributed by atoms with Crippen molar-refractivity contribution in [1.29, 1.82) is 0 Å². The number of benzene rings is 1.